The molecule has 1 amide bonds. The molecule has 1 saturated heterocycles. The lowest BCUT2D eigenvalue weighted by atomic mass is 9.95. The lowest BCUT2D eigenvalue weighted by Gasteiger charge is -2.25. The van der Waals surface area contributed by atoms with Crippen molar-refractivity contribution in [3.63, 3.8) is 0 Å². The average molecular weight is 382 g/mol. The van der Waals surface area contributed by atoms with E-state index in [1.165, 1.54) is 19.1 Å². The van der Waals surface area contributed by atoms with Crippen molar-refractivity contribution in [2.45, 2.75) is 6.04 Å². The number of hydrogen-bond acceptors (Lipinski definition) is 6. The van der Waals surface area contributed by atoms with Crippen molar-refractivity contribution in [2.75, 3.05) is 27.3 Å². The van der Waals surface area contributed by atoms with Crippen LogP contribution in [0.15, 0.2) is 54.1 Å². The van der Waals surface area contributed by atoms with E-state index in [9.17, 15) is 14.7 Å². The van der Waals surface area contributed by atoms with Gasteiger partial charge in [0.25, 0.3) is 11.7 Å². The van der Waals surface area contributed by atoms with Gasteiger partial charge in [0.2, 0.25) is 0 Å². The van der Waals surface area contributed by atoms with Crippen molar-refractivity contribution in [1.29, 1.82) is 0 Å². The molecule has 2 aromatic rings. The van der Waals surface area contributed by atoms with Gasteiger partial charge in [-0.15, -0.1) is 0 Å². The molecule has 7 heteroatoms. The van der Waals surface area contributed by atoms with E-state index in [4.69, 9.17) is 15.2 Å². The van der Waals surface area contributed by atoms with Gasteiger partial charge in [0.1, 0.15) is 5.76 Å². The Labute approximate surface area is 163 Å². The zero-order valence-corrected chi connectivity index (χ0v) is 15.7. The Morgan fingerprint density at radius 2 is 1.75 bits per heavy atom. The second kappa shape index (κ2) is 8.14. The second-order valence-electron chi connectivity index (χ2n) is 6.26. The molecule has 1 unspecified atom stereocenters. The van der Waals surface area contributed by atoms with E-state index in [1.54, 1.807) is 48.5 Å². The normalized spacial score (nSPS) is 18.4. The van der Waals surface area contributed by atoms with Crippen LogP contribution in [0.1, 0.15) is 17.2 Å². The number of ketones is 1. The quantitative estimate of drug-likeness (QED) is 0.451. The van der Waals surface area contributed by atoms with Crippen molar-refractivity contribution in [1.82, 2.24) is 4.90 Å². The Hall–Kier alpha value is -3.32. The van der Waals surface area contributed by atoms with Crippen molar-refractivity contribution < 1.29 is 24.2 Å². The van der Waals surface area contributed by atoms with Gasteiger partial charge in [-0.2, -0.15) is 0 Å². The molecular weight excluding hydrogens is 360 g/mol. The fourth-order valence-corrected chi connectivity index (χ4v) is 3.37. The number of nitrogens with two attached hydrogens (primary N) is 1. The van der Waals surface area contributed by atoms with Gasteiger partial charge in [-0.25, -0.2) is 0 Å². The summed E-state index contributed by atoms with van der Waals surface area (Å²) in [7, 11) is 3.02. The topological polar surface area (TPSA) is 102 Å². The fourth-order valence-electron chi connectivity index (χ4n) is 3.37. The van der Waals surface area contributed by atoms with E-state index in [2.05, 4.69) is 0 Å². The summed E-state index contributed by atoms with van der Waals surface area (Å²) < 4.78 is 10.6. The molecule has 0 saturated carbocycles. The molecule has 3 N–H and O–H groups in total. The molecule has 7 nitrogen and oxygen atoms in total. The molecule has 0 aromatic heterocycles. The first-order valence-corrected chi connectivity index (χ1v) is 8.79. The van der Waals surface area contributed by atoms with Crippen LogP contribution in [0.3, 0.4) is 0 Å². The summed E-state index contributed by atoms with van der Waals surface area (Å²) in [6.45, 7) is 0.358. The third-order valence-corrected chi connectivity index (χ3v) is 4.68. The highest BCUT2D eigenvalue weighted by molar-refractivity contribution is 6.46. The molecule has 28 heavy (non-hydrogen) atoms. The summed E-state index contributed by atoms with van der Waals surface area (Å²) in [5.74, 6) is -0.682. The van der Waals surface area contributed by atoms with Crippen LogP contribution in [-0.2, 0) is 9.59 Å². The molecule has 0 radical (unpaired) electrons. The lowest BCUT2D eigenvalue weighted by molar-refractivity contribution is -0.139. The molecule has 1 heterocycles. The molecule has 1 aliphatic rings. The number of rotatable bonds is 6. The van der Waals surface area contributed by atoms with E-state index >= 15 is 0 Å². The summed E-state index contributed by atoms with van der Waals surface area (Å²) in [5.41, 5.74) is 6.76. The number of carbonyl (C=O) groups is 2. The van der Waals surface area contributed by atoms with Crippen LogP contribution in [0.5, 0.6) is 11.5 Å². The molecule has 0 spiro atoms. The van der Waals surface area contributed by atoms with Crippen LogP contribution in [0.2, 0.25) is 0 Å². The molecular formula is C21H22N2O5. The van der Waals surface area contributed by atoms with Gasteiger partial charge in [-0.1, -0.05) is 36.4 Å². The Kier molecular flexibility index (Phi) is 5.65. The Bertz CT molecular complexity index is 924. The summed E-state index contributed by atoms with van der Waals surface area (Å²) in [5, 5.41) is 10.8. The van der Waals surface area contributed by atoms with Crippen molar-refractivity contribution in [3.05, 3.63) is 65.2 Å². The summed E-state index contributed by atoms with van der Waals surface area (Å²) >= 11 is 0. The first kappa shape index (κ1) is 19.4. The molecule has 1 atom stereocenters. The highest BCUT2D eigenvalue weighted by Gasteiger charge is 2.45. The SMILES string of the molecule is COc1ccc(C2/C(=C(\O)c3ccccc3)C(=O)C(=O)N2CCN)cc1OC. The number of carbonyl (C=O) groups excluding carboxylic acids is 2. The maximum absolute atomic E-state index is 12.8. The predicted octanol–water partition coefficient (Wildman–Crippen LogP) is 2.08. The average Bonchev–Trinajstić information content (AvgIpc) is 2.98. The molecule has 0 bridgehead atoms. The Balaban J connectivity index is 2.20. The van der Waals surface area contributed by atoms with Crippen LogP contribution in [0.25, 0.3) is 5.76 Å². The largest absolute Gasteiger partial charge is 0.507 e. The van der Waals surface area contributed by atoms with Gasteiger partial charge < -0.3 is 25.2 Å². The summed E-state index contributed by atoms with van der Waals surface area (Å²) in [4.78, 5) is 26.8. The Morgan fingerprint density at radius 1 is 1.07 bits per heavy atom. The smallest absolute Gasteiger partial charge is 0.295 e. The number of amides is 1. The highest BCUT2D eigenvalue weighted by atomic mass is 16.5. The standard InChI is InChI=1S/C21H22N2O5/c1-27-15-9-8-14(12-16(15)28-2)18-17(19(24)13-6-4-3-5-7-13)20(25)21(26)23(18)11-10-22/h3-9,12,18,24H,10-11,22H2,1-2H3/b19-17+. The lowest BCUT2D eigenvalue weighted by Crippen LogP contribution is -2.34. The number of nitrogens with zero attached hydrogens (tertiary/aromatic N) is 1. The number of aliphatic hydroxyl groups excluding tert-OH is 1. The molecule has 2 aromatic carbocycles. The van der Waals surface area contributed by atoms with Crippen LogP contribution in [-0.4, -0.2) is 49.0 Å². The minimum atomic E-state index is -0.774. The van der Waals surface area contributed by atoms with E-state index in [0.717, 1.165) is 0 Å². The zero-order chi connectivity index (χ0) is 20.3. The molecule has 0 aliphatic carbocycles. The minimum absolute atomic E-state index is 0.0249. The van der Waals surface area contributed by atoms with Crippen LogP contribution in [0, 0.1) is 0 Å². The maximum atomic E-state index is 12.8. The summed E-state index contributed by atoms with van der Waals surface area (Å²) in [6, 6.07) is 13.0. The third-order valence-electron chi connectivity index (χ3n) is 4.68. The van der Waals surface area contributed by atoms with E-state index in [-0.39, 0.29) is 24.4 Å². The molecule has 1 fully saturated rings. The number of benzene rings is 2. The monoisotopic (exact) mass is 382 g/mol. The highest BCUT2D eigenvalue weighted by Crippen LogP contribution is 2.41. The third kappa shape index (κ3) is 3.32. The van der Waals surface area contributed by atoms with E-state index in [1.807, 2.05) is 0 Å². The van der Waals surface area contributed by atoms with Gasteiger partial charge in [0.15, 0.2) is 11.5 Å². The van der Waals surface area contributed by atoms with Gasteiger partial charge in [0.05, 0.1) is 25.8 Å². The molecule has 1 aliphatic heterocycles. The number of hydrogen-bond donors (Lipinski definition) is 2. The zero-order valence-electron chi connectivity index (χ0n) is 15.7. The molecule has 146 valence electrons. The minimum Gasteiger partial charge on any atom is -0.507 e. The number of methoxy groups -OCH3 is 2. The number of likely N-dealkylation sites (tertiary alicyclic amines) is 1. The van der Waals surface area contributed by atoms with Crippen molar-refractivity contribution in [2.24, 2.45) is 5.73 Å². The first-order valence-electron chi connectivity index (χ1n) is 8.79. The Morgan fingerprint density at radius 3 is 2.36 bits per heavy atom. The number of aliphatic hydroxyl groups is 1. The van der Waals surface area contributed by atoms with Crippen molar-refractivity contribution >= 4 is 17.4 Å². The second-order valence-corrected chi connectivity index (χ2v) is 6.26. The summed E-state index contributed by atoms with van der Waals surface area (Å²) in [6.07, 6.45) is 0. The first-order chi connectivity index (χ1) is 13.5. The van der Waals surface area contributed by atoms with Crippen molar-refractivity contribution in [3.8, 4) is 11.5 Å². The van der Waals surface area contributed by atoms with Gasteiger partial charge in [-0.05, 0) is 17.7 Å². The van der Waals surface area contributed by atoms with Gasteiger partial charge in [0, 0.05) is 18.7 Å². The van der Waals surface area contributed by atoms with E-state index < -0.39 is 17.7 Å². The number of Topliss-reactive ketones (excluding diaryl/α,β-unsaturated/α-hetero) is 1. The number of ether oxygens (including phenoxy) is 2. The molecule has 3 rings (SSSR count). The maximum Gasteiger partial charge on any atom is 0.295 e. The fraction of sp³-hybridized carbons (Fsp3) is 0.238. The van der Waals surface area contributed by atoms with Crippen LogP contribution >= 0.6 is 0 Å². The van der Waals surface area contributed by atoms with Crippen LogP contribution < -0.4 is 15.2 Å². The van der Waals surface area contributed by atoms with Gasteiger partial charge in [-0.3, -0.25) is 9.59 Å². The van der Waals surface area contributed by atoms with Crippen LogP contribution in [0.4, 0.5) is 0 Å². The van der Waals surface area contributed by atoms with Gasteiger partial charge >= 0.3 is 0 Å². The predicted molar refractivity (Wildman–Crippen MR) is 104 cm³/mol. The van der Waals surface area contributed by atoms with E-state index in [0.29, 0.717) is 22.6 Å².